The van der Waals surface area contributed by atoms with E-state index < -0.39 is 11.4 Å². The lowest BCUT2D eigenvalue weighted by Crippen LogP contribution is -2.54. The number of rotatable bonds is 5. The van der Waals surface area contributed by atoms with Crippen molar-refractivity contribution < 1.29 is 9.90 Å². The Labute approximate surface area is 105 Å². The molecule has 17 heavy (non-hydrogen) atoms. The second-order valence-electron chi connectivity index (χ2n) is 5.43. The van der Waals surface area contributed by atoms with E-state index in [2.05, 4.69) is 23.6 Å². The van der Waals surface area contributed by atoms with Gasteiger partial charge >= 0.3 is 5.97 Å². The minimum atomic E-state index is -0.675. The van der Waals surface area contributed by atoms with Crippen LogP contribution in [0, 0.1) is 5.41 Å². The van der Waals surface area contributed by atoms with Crippen LogP contribution in [0.25, 0.3) is 0 Å². The Kier molecular flexibility index (Phi) is 4.95. The first kappa shape index (κ1) is 14.5. The first-order chi connectivity index (χ1) is 7.92. The maximum atomic E-state index is 11.3. The summed E-state index contributed by atoms with van der Waals surface area (Å²) in [6.45, 7) is 13.0. The van der Waals surface area contributed by atoms with Crippen molar-refractivity contribution in [3.05, 3.63) is 0 Å². The van der Waals surface area contributed by atoms with Gasteiger partial charge in [-0.15, -0.1) is 0 Å². The van der Waals surface area contributed by atoms with Gasteiger partial charge in [0.05, 0.1) is 5.41 Å². The molecule has 0 saturated carbocycles. The number of carbonyl (C=O) groups is 1. The van der Waals surface area contributed by atoms with E-state index in [0.717, 1.165) is 26.2 Å². The molecule has 2 unspecified atom stereocenters. The molecule has 0 spiro atoms. The number of hydrogen-bond donors (Lipinski definition) is 1. The van der Waals surface area contributed by atoms with E-state index in [9.17, 15) is 9.90 Å². The van der Waals surface area contributed by atoms with Crippen LogP contribution in [0.1, 0.15) is 34.1 Å². The number of carboxylic acid groups (broad SMARTS) is 1. The van der Waals surface area contributed by atoms with E-state index in [1.165, 1.54) is 0 Å². The molecule has 0 bridgehead atoms. The van der Waals surface area contributed by atoms with Gasteiger partial charge in [0, 0.05) is 32.2 Å². The number of carboxylic acids is 1. The topological polar surface area (TPSA) is 43.8 Å². The normalized spacial score (nSPS) is 26.7. The molecule has 0 aromatic carbocycles. The predicted octanol–water partition coefficient (Wildman–Crippen LogP) is 1.51. The molecule has 0 aliphatic carbocycles. The molecule has 1 rings (SSSR count). The van der Waals surface area contributed by atoms with Crippen molar-refractivity contribution in [3.63, 3.8) is 0 Å². The second-order valence-corrected chi connectivity index (χ2v) is 5.43. The lowest BCUT2D eigenvalue weighted by molar-refractivity contribution is -0.149. The lowest BCUT2D eigenvalue weighted by Gasteiger charge is -2.42. The van der Waals surface area contributed by atoms with Gasteiger partial charge in [0.2, 0.25) is 0 Å². The Hall–Kier alpha value is -0.610. The highest BCUT2D eigenvalue weighted by Gasteiger charge is 2.35. The van der Waals surface area contributed by atoms with Gasteiger partial charge in [-0.3, -0.25) is 14.6 Å². The van der Waals surface area contributed by atoms with Gasteiger partial charge in [-0.2, -0.15) is 0 Å². The Bertz CT molecular complexity index is 270. The summed E-state index contributed by atoms with van der Waals surface area (Å²) in [6, 6.07) is 0.531. The van der Waals surface area contributed by atoms with Crippen LogP contribution in [-0.4, -0.2) is 59.6 Å². The first-order valence-corrected chi connectivity index (χ1v) is 6.62. The third-order valence-corrected chi connectivity index (χ3v) is 4.12. The third-order valence-electron chi connectivity index (χ3n) is 4.12. The third kappa shape index (κ3) is 3.42. The summed E-state index contributed by atoms with van der Waals surface area (Å²) in [4.78, 5) is 16.0. The first-order valence-electron chi connectivity index (χ1n) is 6.62. The van der Waals surface area contributed by atoms with E-state index in [0.29, 0.717) is 19.0 Å². The maximum absolute atomic E-state index is 11.3. The average molecular weight is 242 g/mol. The van der Waals surface area contributed by atoms with Gasteiger partial charge in [-0.25, -0.2) is 0 Å². The minimum absolute atomic E-state index is 0.531. The lowest BCUT2D eigenvalue weighted by atomic mass is 9.86. The van der Waals surface area contributed by atoms with Crippen LogP contribution in [0.3, 0.4) is 0 Å². The smallest absolute Gasteiger partial charge is 0.310 e. The molecule has 1 aliphatic heterocycles. The van der Waals surface area contributed by atoms with Crippen molar-refractivity contribution in [2.75, 3.05) is 32.7 Å². The molecule has 1 aliphatic rings. The SMILES string of the molecule is CCN1CCN(CC(C)(CC)C(=O)O)CC1C. The Morgan fingerprint density at radius 1 is 1.41 bits per heavy atom. The fourth-order valence-corrected chi connectivity index (χ4v) is 2.51. The van der Waals surface area contributed by atoms with Crippen molar-refractivity contribution in [3.8, 4) is 0 Å². The minimum Gasteiger partial charge on any atom is -0.481 e. The quantitative estimate of drug-likeness (QED) is 0.794. The maximum Gasteiger partial charge on any atom is 0.310 e. The van der Waals surface area contributed by atoms with Gasteiger partial charge < -0.3 is 5.11 Å². The molecule has 2 atom stereocenters. The van der Waals surface area contributed by atoms with E-state index in [1.54, 1.807) is 0 Å². The number of nitrogens with zero attached hydrogens (tertiary/aromatic N) is 2. The summed E-state index contributed by atoms with van der Waals surface area (Å²) in [7, 11) is 0. The van der Waals surface area contributed by atoms with Gasteiger partial charge in [0.15, 0.2) is 0 Å². The van der Waals surface area contributed by atoms with Crippen molar-refractivity contribution in [1.29, 1.82) is 0 Å². The average Bonchev–Trinajstić information content (AvgIpc) is 2.29. The number of piperazine rings is 1. The largest absolute Gasteiger partial charge is 0.481 e. The van der Waals surface area contributed by atoms with E-state index in [1.807, 2.05) is 13.8 Å². The fraction of sp³-hybridized carbons (Fsp3) is 0.923. The standard InChI is InChI=1S/C13H26N2O2/c1-5-13(4,12(16)17)10-14-7-8-15(6-2)11(3)9-14/h11H,5-10H2,1-4H3,(H,16,17). The molecule has 1 saturated heterocycles. The van der Waals surface area contributed by atoms with Gasteiger partial charge in [-0.1, -0.05) is 13.8 Å². The molecular formula is C13H26N2O2. The predicted molar refractivity (Wildman–Crippen MR) is 69.2 cm³/mol. The van der Waals surface area contributed by atoms with Crippen LogP contribution in [-0.2, 0) is 4.79 Å². The monoisotopic (exact) mass is 242 g/mol. The molecule has 0 aromatic heterocycles. The zero-order chi connectivity index (χ0) is 13.1. The molecule has 4 nitrogen and oxygen atoms in total. The molecule has 1 heterocycles. The van der Waals surface area contributed by atoms with Crippen molar-refractivity contribution >= 4 is 5.97 Å². The van der Waals surface area contributed by atoms with Crippen LogP contribution in [0.4, 0.5) is 0 Å². The van der Waals surface area contributed by atoms with Gasteiger partial charge in [-0.05, 0) is 26.8 Å². The van der Waals surface area contributed by atoms with Crippen LogP contribution >= 0.6 is 0 Å². The second kappa shape index (κ2) is 5.83. The molecule has 0 amide bonds. The Morgan fingerprint density at radius 2 is 2.06 bits per heavy atom. The fourth-order valence-electron chi connectivity index (χ4n) is 2.51. The summed E-state index contributed by atoms with van der Waals surface area (Å²) in [5, 5.41) is 9.29. The molecule has 1 N–H and O–H groups in total. The van der Waals surface area contributed by atoms with Crippen molar-refractivity contribution in [1.82, 2.24) is 9.80 Å². The van der Waals surface area contributed by atoms with E-state index in [4.69, 9.17) is 0 Å². The highest BCUT2D eigenvalue weighted by molar-refractivity contribution is 5.74. The zero-order valence-corrected chi connectivity index (χ0v) is 11.6. The summed E-state index contributed by atoms with van der Waals surface area (Å²) < 4.78 is 0. The Balaban J connectivity index is 2.56. The summed E-state index contributed by atoms with van der Waals surface area (Å²) in [5.74, 6) is -0.675. The molecule has 100 valence electrons. The molecule has 0 radical (unpaired) electrons. The number of hydrogen-bond acceptors (Lipinski definition) is 3. The summed E-state index contributed by atoms with van der Waals surface area (Å²) in [5.41, 5.74) is -0.603. The van der Waals surface area contributed by atoms with Crippen molar-refractivity contribution in [2.45, 2.75) is 40.2 Å². The molecule has 4 heteroatoms. The highest BCUT2D eigenvalue weighted by Crippen LogP contribution is 2.24. The van der Waals surface area contributed by atoms with Crippen LogP contribution in [0.5, 0.6) is 0 Å². The van der Waals surface area contributed by atoms with Gasteiger partial charge in [0.1, 0.15) is 0 Å². The van der Waals surface area contributed by atoms with Gasteiger partial charge in [0.25, 0.3) is 0 Å². The highest BCUT2D eigenvalue weighted by atomic mass is 16.4. The van der Waals surface area contributed by atoms with Crippen LogP contribution in [0.2, 0.25) is 0 Å². The van der Waals surface area contributed by atoms with E-state index in [-0.39, 0.29) is 0 Å². The zero-order valence-electron chi connectivity index (χ0n) is 11.6. The van der Waals surface area contributed by atoms with Crippen molar-refractivity contribution in [2.24, 2.45) is 5.41 Å². The number of aliphatic carboxylic acids is 1. The Morgan fingerprint density at radius 3 is 2.47 bits per heavy atom. The molecular weight excluding hydrogens is 216 g/mol. The summed E-state index contributed by atoms with van der Waals surface area (Å²) >= 11 is 0. The van der Waals surface area contributed by atoms with Crippen LogP contribution < -0.4 is 0 Å². The molecule has 0 aromatic rings. The van der Waals surface area contributed by atoms with Crippen LogP contribution in [0.15, 0.2) is 0 Å². The summed E-state index contributed by atoms with van der Waals surface area (Å²) in [6.07, 6.45) is 0.685. The molecule has 1 fully saturated rings. The van der Waals surface area contributed by atoms with E-state index >= 15 is 0 Å². The number of likely N-dealkylation sites (N-methyl/N-ethyl adjacent to an activating group) is 1.